The minimum absolute atomic E-state index is 0.201. The molecule has 78 valence electrons. The van der Waals surface area contributed by atoms with Gasteiger partial charge in [0.2, 0.25) is 0 Å². The van der Waals surface area contributed by atoms with E-state index < -0.39 is 5.97 Å². The Kier molecular flexibility index (Phi) is 4.22. The molecule has 0 aromatic carbocycles. The van der Waals surface area contributed by atoms with Crippen LogP contribution in [0.2, 0.25) is 0 Å². The molecule has 14 heavy (non-hydrogen) atoms. The van der Waals surface area contributed by atoms with Crippen molar-refractivity contribution in [2.24, 2.45) is 5.11 Å². The van der Waals surface area contributed by atoms with E-state index in [4.69, 9.17) is 15.4 Å². The van der Waals surface area contributed by atoms with Gasteiger partial charge in [0, 0.05) is 4.91 Å². The van der Waals surface area contributed by atoms with Crippen LogP contribution in [0.3, 0.4) is 0 Å². The molecule has 0 spiro atoms. The lowest BCUT2D eigenvalue weighted by Crippen LogP contribution is -2.32. The number of carbonyl (C=O) groups is 1. The number of aliphatic carboxylic acids is 1. The monoisotopic (exact) mass is 199 g/mol. The summed E-state index contributed by atoms with van der Waals surface area (Å²) in [6.45, 7) is -0.317. The molecule has 1 rings (SSSR count). The van der Waals surface area contributed by atoms with Crippen molar-refractivity contribution in [1.29, 1.82) is 0 Å². The third kappa shape index (κ3) is 3.24. The standard InChI is InChI=1S/C8H13N3O3/c9-11-10-6-3-1-2-4-7(6)14-5-8(12)13/h6-7H,1-5H2,(H,12,13)/t6-,7-/m1/s1. The molecule has 1 N–H and O–H groups in total. The Balaban J connectivity index is 2.45. The average Bonchev–Trinajstić information content (AvgIpc) is 2.17. The van der Waals surface area contributed by atoms with Gasteiger partial charge in [0.05, 0.1) is 12.1 Å². The van der Waals surface area contributed by atoms with Gasteiger partial charge in [-0.1, -0.05) is 18.0 Å². The molecule has 1 aliphatic carbocycles. The summed E-state index contributed by atoms with van der Waals surface area (Å²) in [6.07, 6.45) is 3.35. The molecule has 0 radical (unpaired) electrons. The van der Waals surface area contributed by atoms with E-state index in [0.717, 1.165) is 25.7 Å². The molecule has 2 atom stereocenters. The molecule has 0 aromatic rings. The summed E-state index contributed by atoms with van der Waals surface area (Å²) in [5.41, 5.74) is 8.30. The maximum absolute atomic E-state index is 10.3. The van der Waals surface area contributed by atoms with Crippen molar-refractivity contribution < 1.29 is 14.6 Å². The normalized spacial score (nSPS) is 26.6. The molecular formula is C8H13N3O3. The first-order valence-electron chi connectivity index (χ1n) is 4.61. The second-order valence-corrected chi connectivity index (χ2v) is 3.30. The fourth-order valence-electron chi connectivity index (χ4n) is 1.65. The summed E-state index contributed by atoms with van der Waals surface area (Å²) in [6, 6.07) is -0.201. The summed E-state index contributed by atoms with van der Waals surface area (Å²) in [7, 11) is 0. The highest BCUT2D eigenvalue weighted by Crippen LogP contribution is 2.23. The number of carboxylic acids is 1. The number of azide groups is 1. The molecule has 0 aromatic heterocycles. The second kappa shape index (κ2) is 5.47. The van der Waals surface area contributed by atoms with E-state index >= 15 is 0 Å². The minimum Gasteiger partial charge on any atom is -0.480 e. The van der Waals surface area contributed by atoms with Crippen molar-refractivity contribution in [1.82, 2.24) is 0 Å². The van der Waals surface area contributed by atoms with Gasteiger partial charge in [0.1, 0.15) is 6.61 Å². The molecule has 1 aliphatic rings. The van der Waals surface area contributed by atoms with Gasteiger partial charge >= 0.3 is 5.97 Å². The fourth-order valence-corrected chi connectivity index (χ4v) is 1.65. The van der Waals surface area contributed by atoms with Gasteiger partial charge in [0.15, 0.2) is 0 Å². The van der Waals surface area contributed by atoms with Crippen molar-refractivity contribution in [2.45, 2.75) is 37.8 Å². The molecule has 6 heteroatoms. The second-order valence-electron chi connectivity index (χ2n) is 3.30. The van der Waals surface area contributed by atoms with E-state index in [2.05, 4.69) is 10.0 Å². The molecule has 1 saturated carbocycles. The average molecular weight is 199 g/mol. The van der Waals surface area contributed by atoms with Crippen LogP contribution in [0, 0.1) is 0 Å². The molecule has 0 heterocycles. The Morgan fingerprint density at radius 3 is 2.93 bits per heavy atom. The van der Waals surface area contributed by atoms with Gasteiger partial charge in [-0.15, -0.1) is 0 Å². The summed E-state index contributed by atoms with van der Waals surface area (Å²) in [5.74, 6) is -0.990. The topological polar surface area (TPSA) is 95.3 Å². The molecule has 0 bridgehead atoms. The lowest BCUT2D eigenvalue weighted by molar-refractivity contribution is -0.145. The van der Waals surface area contributed by atoms with Gasteiger partial charge in [-0.05, 0) is 18.4 Å². The zero-order chi connectivity index (χ0) is 10.4. The first-order chi connectivity index (χ1) is 6.74. The number of carboxylic acid groups (broad SMARTS) is 1. The summed E-state index contributed by atoms with van der Waals surface area (Å²) < 4.78 is 5.15. The van der Waals surface area contributed by atoms with Crippen molar-refractivity contribution in [3.63, 3.8) is 0 Å². The first-order valence-corrected chi connectivity index (χ1v) is 4.61. The van der Waals surface area contributed by atoms with Gasteiger partial charge in [-0.3, -0.25) is 0 Å². The first kappa shape index (κ1) is 10.8. The van der Waals surface area contributed by atoms with Gasteiger partial charge in [0.25, 0.3) is 0 Å². The zero-order valence-corrected chi connectivity index (χ0v) is 7.80. The molecular weight excluding hydrogens is 186 g/mol. The van der Waals surface area contributed by atoms with E-state index in [-0.39, 0.29) is 18.8 Å². The van der Waals surface area contributed by atoms with Crippen molar-refractivity contribution in [2.75, 3.05) is 6.61 Å². The predicted molar refractivity (Wildman–Crippen MR) is 48.8 cm³/mol. The van der Waals surface area contributed by atoms with E-state index in [1.54, 1.807) is 0 Å². The number of nitrogens with zero attached hydrogens (tertiary/aromatic N) is 3. The molecule has 0 unspecified atom stereocenters. The van der Waals surface area contributed by atoms with E-state index in [9.17, 15) is 4.79 Å². The highest BCUT2D eigenvalue weighted by atomic mass is 16.5. The number of hydrogen-bond acceptors (Lipinski definition) is 3. The number of hydrogen-bond donors (Lipinski definition) is 1. The van der Waals surface area contributed by atoms with Crippen LogP contribution >= 0.6 is 0 Å². The van der Waals surface area contributed by atoms with Crippen LogP contribution in [0.25, 0.3) is 10.4 Å². The van der Waals surface area contributed by atoms with Crippen LogP contribution in [0.15, 0.2) is 5.11 Å². The maximum Gasteiger partial charge on any atom is 0.329 e. The van der Waals surface area contributed by atoms with E-state index in [0.29, 0.717) is 0 Å². The Morgan fingerprint density at radius 1 is 1.57 bits per heavy atom. The Hall–Kier alpha value is -1.26. The predicted octanol–water partition coefficient (Wildman–Crippen LogP) is 1.71. The van der Waals surface area contributed by atoms with Crippen molar-refractivity contribution in [3.05, 3.63) is 10.4 Å². The minimum atomic E-state index is -0.990. The Morgan fingerprint density at radius 2 is 2.29 bits per heavy atom. The quantitative estimate of drug-likeness (QED) is 0.424. The van der Waals surface area contributed by atoms with E-state index in [1.807, 2.05) is 0 Å². The van der Waals surface area contributed by atoms with Gasteiger partial charge in [-0.25, -0.2) is 4.79 Å². The van der Waals surface area contributed by atoms with Crippen LogP contribution in [0.1, 0.15) is 25.7 Å². The third-order valence-corrected chi connectivity index (χ3v) is 2.29. The SMILES string of the molecule is [N-]=[N+]=N[C@@H]1CCCC[C@H]1OCC(=O)O. The molecule has 0 aliphatic heterocycles. The lowest BCUT2D eigenvalue weighted by Gasteiger charge is -2.27. The maximum atomic E-state index is 10.3. The van der Waals surface area contributed by atoms with Crippen LogP contribution in [0.5, 0.6) is 0 Å². The lowest BCUT2D eigenvalue weighted by atomic mass is 9.93. The summed E-state index contributed by atoms with van der Waals surface area (Å²) in [5, 5.41) is 12.0. The van der Waals surface area contributed by atoms with E-state index in [1.165, 1.54) is 0 Å². The Bertz CT molecular complexity index is 250. The van der Waals surface area contributed by atoms with Crippen LogP contribution in [-0.2, 0) is 9.53 Å². The Labute approximate surface area is 81.5 Å². The van der Waals surface area contributed by atoms with Crippen LogP contribution in [-0.4, -0.2) is 29.8 Å². The van der Waals surface area contributed by atoms with Gasteiger partial charge in [-0.2, -0.15) is 0 Å². The summed E-state index contributed by atoms with van der Waals surface area (Å²) in [4.78, 5) is 13.0. The molecule has 0 saturated heterocycles. The molecule has 0 amide bonds. The van der Waals surface area contributed by atoms with Crippen molar-refractivity contribution >= 4 is 5.97 Å². The van der Waals surface area contributed by atoms with Crippen LogP contribution in [0.4, 0.5) is 0 Å². The molecule has 1 fully saturated rings. The number of ether oxygens (including phenoxy) is 1. The summed E-state index contributed by atoms with van der Waals surface area (Å²) >= 11 is 0. The smallest absolute Gasteiger partial charge is 0.329 e. The zero-order valence-electron chi connectivity index (χ0n) is 7.80. The van der Waals surface area contributed by atoms with Gasteiger partial charge < -0.3 is 9.84 Å². The van der Waals surface area contributed by atoms with Crippen molar-refractivity contribution in [3.8, 4) is 0 Å². The number of rotatable bonds is 4. The molecule has 6 nitrogen and oxygen atoms in total. The fraction of sp³-hybridized carbons (Fsp3) is 0.875. The largest absolute Gasteiger partial charge is 0.480 e. The highest BCUT2D eigenvalue weighted by Gasteiger charge is 2.25. The third-order valence-electron chi connectivity index (χ3n) is 2.29. The highest BCUT2D eigenvalue weighted by molar-refractivity contribution is 5.68. The van der Waals surface area contributed by atoms with Crippen LogP contribution < -0.4 is 0 Å².